The highest BCUT2D eigenvalue weighted by molar-refractivity contribution is 6.13. The molecule has 2 aliphatic heterocycles. The van der Waals surface area contributed by atoms with Crippen LogP contribution in [-0.4, -0.2) is 81.8 Å². The first-order valence-corrected chi connectivity index (χ1v) is 13.0. The molecule has 2 aliphatic rings. The van der Waals surface area contributed by atoms with Gasteiger partial charge < -0.3 is 15.5 Å². The van der Waals surface area contributed by atoms with Crippen LogP contribution in [0.25, 0.3) is 0 Å². The molecule has 0 aliphatic carbocycles. The van der Waals surface area contributed by atoms with Gasteiger partial charge >= 0.3 is 11.9 Å². The van der Waals surface area contributed by atoms with Gasteiger partial charge in [-0.2, -0.15) is 0 Å². The molecule has 2 aromatic rings. The van der Waals surface area contributed by atoms with Gasteiger partial charge in [0.25, 0.3) is 11.8 Å². The zero-order chi connectivity index (χ0) is 30.5. The van der Waals surface area contributed by atoms with E-state index in [4.69, 9.17) is 10.2 Å². The predicted molar refractivity (Wildman–Crippen MR) is 148 cm³/mol. The number of carbonyl (C=O) groups is 6. The maximum Gasteiger partial charge on any atom is 0.328 e. The number of fused-ring (bicyclic) bond motifs is 2. The van der Waals surface area contributed by atoms with E-state index in [0.29, 0.717) is 36.4 Å². The van der Waals surface area contributed by atoms with Crippen LogP contribution in [0, 0.1) is 0 Å². The molecule has 2 aromatic carbocycles. The van der Waals surface area contributed by atoms with E-state index in [9.17, 15) is 28.8 Å². The molecule has 0 fully saturated rings. The maximum absolute atomic E-state index is 13.0. The lowest BCUT2D eigenvalue weighted by molar-refractivity contribution is -0.134. The van der Waals surface area contributed by atoms with Crippen LogP contribution < -0.4 is 5.32 Å². The highest BCUT2D eigenvalue weighted by Gasteiger charge is 2.45. The molecule has 0 aromatic heterocycles. The summed E-state index contributed by atoms with van der Waals surface area (Å²) in [5.74, 6) is -3.56. The standard InChI is InChI=1S/C26H29N3O4.C4H4O4/c1-25(2)19-11-7-5-9-17(19)21(30)28(23(25)32)15-13-27-14-16-29-22(31)18-10-6-8-12-20(18)26(3,4)24(29)33;5-3(6)1-2-4(7)8/h5-12,27H,13-16H2,1-4H3;1-2H,(H,5,6)(H,7,8)/b;2-1+. The molecule has 11 heteroatoms. The summed E-state index contributed by atoms with van der Waals surface area (Å²) in [7, 11) is 0. The van der Waals surface area contributed by atoms with Crippen molar-refractivity contribution in [1.29, 1.82) is 0 Å². The number of nitrogens with zero attached hydrogens (tertiary/aromatic N) is 2. The maximum atomic E-state index is 13.0. The van der Waals surface area contributed by atoms with Gasteiger partial charge in [0.15, 0.2) is 0 Å². The topological polar surface area (TPSA) is 161 Å². The molecule has 4 amide bonds. The van der Waals surface area contributed by atoms with Crippen LogP contribution in [0.3, 0.4) is 0 Å². The molecule has 0 unspecified atom stereocenters. The molecule has 0 bridgehead atoms. The SMILES string of the molecule is CC1(C)C(=O)N(CCNCCN2C(=O)c3ccccc3C(C)(C)C2=O)C(=O)c2ccccc21.O=C(O)/C=C/C(=O)O. The third-order valence-corrected chi connectivity index (χ3v) is 7.10. The van der Waals surface area contributed by atoms with E-state index >= 15 is 0 Å². The zero-order valence-electron chi connectivity index (χ0n) is 23.3. The number of carboxylic acids is 2. The van der Waals surface area contributed by atoms with Crippen molar-refractivity contribution >= 4 is 35.6 Å². The van der Waals surface area contributed by atoms with Crippen LogP contribution in [0.4, 0.5) is 0 Å². The summed E-state index contributed by atoms with van der Waals surface area (Å²) in [6.45, 7) is 8.47. The van der Waals surface area contributed by atoms with Gasteiger partial charge in [-0.25, -0.2) is 9.59 Å². The number of hydrogen-bond donors (Lipinski definition) is 3. The first-order chi connectivity index (χ1) is 19.2. The fourth-order valence-electron chi connectivity index (χ4n) is 4.87. The Bertz CT molecular complexity index is 1320. The third-order valence-electron chi connectivity index (χ3n) is 7.10. The molecule has 41 heavy (non-hydrogen) atoms. The molecule has 216 valence electrons. The van der Waals surface area contributed by atoms with E-state index < -0.39 is 22.8 Å². The number of aliphatic carboxylic acids is 2. The number of imide groups is 2. The molecular weight excluding hydrogens is 530 g/mol. The second-order valence-corrected chi connectivity index (χ2v) is 10.6. The van der Waals surface area contributed by atoms with Crippen LogP contribution in [-0.2, 0) is 30.0 Å². The van der Waals surface area contributed by atoms with Crippen molar-refractivity contribution in [2.24, 2.45) is 0 Å². The van der Waals surface area contributed by atoms with Gasteiger partial charge in [0.2, 0.25) is 11.8 Å². The van der Waals surface area contributed by atoms with Crippen LogP contribution in [0.15, 0.2) is 60.7 Å². The Balaban J connectivity index is 0.000000507. The number of hydrogen-bond acceptors (Lipinski definition) is 7. The van der Waals surface area contributed by atoms with E-state index in [1.165, 1.54) is 9.80 Å². The van der Waals surface area contributed by atoms with Crippen molar-refractivity contribution in [2.45, 2.75) is 38.5 Å². The largest absolute Gasteiger partial charge is 0.478 e. The average Bonchev–Trinajstić information content (AvgIpc) is 2.93. The minimum atomic E-state index is -1.26. The fourth-order valence-corrected chi connectivity index (χ4v) is 4.87. The minimum absolute atomic E-state index is 0.214. The highest BCUT2D eigenvalue weighted by Crippen LogP contribution is 2.35. The first kappa shape index (κ1) is 30.9. The van der Waals surface area contributed by atoms with E-state index in [0.717, 1.165) is 11.1 Å². The summed E-state index contributed by atoms with van der Waals surface area (Å²) >= 11 is 0. The Hall–Kier alpha value is -4.64. The van der Waals surface area contributed by atoms with Crippen LogP contribution in [0.5, 0.6) is 0 Å². The van der Waals surface area contributed by atoms with Crippen molar-refractivity contribution < 1.29 is 39.0 Å². The Kier molecular flexibility index (Phi) is 9.24. The quantitative estimate of drug-likeness (QED) is 0.248. The number of carboxylic acid groups (broad SMARTS) is 2. The van der Waals surface area contributed by atoms with Gasteiger partial charge in [-0.1, -0.05) is 36.4 Å². The van der Waals surface area contributed by atoms with E-state index in [2.05, 4.69) is 5.32 Å². The molecule has 0 radical (unpaired) electrons. The average molecular weight is 564 g/mol. The van der Waals surface area contributed by atoms with Gasteiger partial charge in [0.05, 0.1) is 10.8 Å². The fraction of sp³-hybridized carbons (Fsp3) is 0.333. The van der Waals surface area contributed by atoms with Crippen molar-refractivity contribution in [1.82, 2.24) is 15.1 Å². The Morgan fingerprint density at radius 1 is 0.683 bits per heavy atom. The molecule has 0 saturated carbocycles. The Morgan fingerprint density at radius 3 is 1.37 bits per heavy atom. The van der Waals surface area contributed by atoms with E-state index in [1.807, 2.05) is 52.0 Å². The van der Waals surface area contributed by atoms with Crippen molar-refractivity contribution in [3.63, 3.8) is 0 Å². The number of rotatable bonds is 8. The summed E-state index contributed by atoms with van der Waals surface area (Å²) in [6, 6.07) is 14.4. The smallest absolute Gasteiger partial charge is 0.328 e. The van der Waals surface area contributed by atoms with Gasteiger partial charge in [0.1, 0.15) is 0 Å². The molecule has 2 heterocycles. The first-order valence-electron chi connectivity index (χ1n) is 13.0. The van der Waals surface area contributed by atoms with Crippen LogP contribution >= 0.6 is 0 Å². The van der Waals surface area contributed by atoms with Crippen molar-refractivity contribution in [3.8, 4) is 0 Å². The van der Waals surface area contributed by atoms with Crippen molar-refractivity contribution in [3.05, 3.63) is 82.9 Å². The minimum Gasteiger partial charge on any atom is -0.478 e. The number of amides is 4. The van der Waals surface area contributed by atoms with Crippen LogP contribution in [0.1, 0.15) is 59.5 Å². The summed E-state index contributed by atoms with van der Waals surface area (Å²) in [5, 5.41) is 18.8. The molecule has 0 saturated heterocycles. The third kappa shape index (κ3) is 6.41. The molecular formula is C30H33N3O8. The van der Waals surface area contributed by atoms with Crippen molar-refractivity contribution in [2.75, 3.05) is 26.2 Å². The second kappa shape index (κ2) is 12.3. The normalized spacial score (nSPS) is 17.1. The number of nitrogens with one attached hydrogen (secondary N) is 1. The summed E-state index contributed by atoms with van der Waals surface area (Å²) in [4.78, 5) is 73.4. The Labute approximate surface area is 237 Å². The molecule has 0 atom stereocenters. The highest BCUT2D eigenvalue weighted by atomic mass is 16.4. The second-order valence-electron chi connectivity index (χ2n) is 10.6. The summed E-state index contributed by atoms with van der Waals surface area (Å²) in [6.07, 6.45) is 1.12. The molecule has 3 N–H and O–H groups in total. The lowest BCUT2D eigenvalue weighted by Crippen LogP contribution is -2.54. The van der Waals surface area contributed by atoms with Gasteiger partial charge in [-0.3, -0.25) is 29.0 Å². The summed E-state index contributed by atoms with van der Waals surface area (Å²) < 4.78 is 0. The van der Waals surface area contributed by atoms with Crippen LogP contribution in [0.2, 0.25) is 0 Å². The summed E-state index contributed by atoms with van der Waals surface area (Å²) in [5.41, 5.74) is 1.02. The molecule has 4 rings (SSSR count). The van der Waals surface area contributed by atoms with Gasteiger partial charge in [-0.15, -0.1) is 0 Å². The molecule has 11 nitrogen and oxygen atoms in total. The lowest BCUT2D eigenvalue weighted by atomic mass is 9.77. The molecule has 0 spiro atoms. The van der Waals surface area contributed by atoms with E-state index in [1.54, 1.807) is 24.3 Å². The predicted octanol–water partition coefficient (Wildman–Crippen LogP) is 2.21. The zero-order valence-corrected chi connectivity index (χ0v) is 23.3. The number of carbonyl (C=O) groups excluding carboxylic acids is 4. The monoisotopic (exact) mass is 563 g/mol. The van der Waals surface area contributed by atoms with Gasteiger partial charge in [-0.05, 0) is 51.0 Å². The Morgan fingerprint density at radius 2 is 1.02 bits per heavy atom. The lowest BCUT2D eigenvalue weighted by Gasteiger charge is -2.38. The van der Waals surface area contributed by atoms with E-state index in [-0.39, 0.29) is 36.7 Å². The van der Waals surface area contributed by atoms with Gasteiger partial charge in [0, 0.05) is 49.5 Å². The number of benzene rings is 2.